The summed E-state index contributed by atoms with van der Waals surface area (Å²) in [6, 6.07) is 28.5. The fraction of sp³-hybridized carbons (Fsp3) is 0.129. The summed E-state index contributed by atoms with van der Waals surface area (Å²) in [6.45, 7) is 2.11. The van der Waals surface area contributed by atoms with Crippen molar-refractivity contribution in [2.75, 3.05) is 19.0 Å². The summed E-state index contributed by atoms with van der Waals surface area (Å²) in [5.74, 6) is 1.49. The number of aromatic amines is 1. The Hall–Kier alpha value is -5.19. The lowest BCUT2D eigenvalue weighted by Gasteiger charge is -2.13. The van der Waals surface area contributed by atoms with Gasteiger partial charge in [-0.15, -0.1) is 0 Å². The van der Waals surface area contributed by atoms with E-state index in [1.165, 1.54) is 9.20 Å². The molecule has 0 aliphatic rings. The maximum absolute atomic E-state index is 14.2. The lowest BCUT2D eigenvalue weighted by atomic mass is 10.0. The van der Waals surface area contributed by atoms with Gasteiger partial charge in [-0.1, -0.05) is 72.8 Å². The van der Waals surface area contributed by atoms with E-state index in [-0.39, 0.29) is 5.56 Å². The van der Waals surface area contributed by atoms with E-state index in [9.17, 15) is 9.90 Å². The van der Waals surface area contributed by atoms with Crippen molar-refractivity contribution in [3.8, 4) is 39.3 Å². The van der Waals surface area contributed by atoms with Gasteiger partial charge in [-0.25, -0.2) is 4.68 Å². The molecule has 41 heavy (non-hydrogen) atoms. The summed E-state index contributed by atoms with van der Waals surface area (Å²) in [6.07, 6.45) is 0.361. The molecule has 0 saturated carbocycles. The topological polar surface area (TPSA) is 119 Å². The summed E-state index contributed by atoms with van der Waals surface area (Å²) >= 11 is 0. The Morgan fingerprint density at radius 2 is 1.54 bits per heavy atom. The van der Waals surface area contributed by atoms with Gasteiger partial charge in [0.25, 0.3) is 12.0 Å². The van der Waals surface area contributed by atoms with Crippen molar-refractivity contribution in [1.29, 1.82) is 0 Å². The first-order valence-electron chi connectivity index (χ1n) is 13.1. The standard InChI is InChI=1S/C31H28N6O4/c1-3-41-31(39)36-19-18-24(34-36)32-28-26(21-14-16-23(40-2)17-15-21)30(38)37-29(33-28)25(20-10-6-4-7-11-20)27(35-37)22-12-8-5-9-13-22/h4-19,31,33,39H,3H2,1-2H3,(H,32,34). The Labute approximate surface area is 235 Å². The highest BCUT2D eigenvalue weighted by Gasteiger charge is 2.23. The second-order valence-corrected chi connectivity index (χ2v) is 9.21. The monoisotopic (exact) mass is 548 g/mol. The van der Waals surface area contributed by atoms with E-state index >= 15 is 0 Å². The molecule has 0 bridgehead atoms. The van der Waals surface area contributed by atoms with Gasteiger partial charge < -0.3 is 24.9 Å². The van der Waals surface area contributed by atoms with Crippen LogP contribution in [-0.2, 0) is 4.74 Å². The summed E-state index contributed by atoms with van der Waals surface area (Å²) in [5.41, 5.74) is 4.47. The number of nitrogens with one attached hydrogen (secondary N) is 2. The number of H-pyrrole nitrogens is 1. The van der Waals surface area contributed by atoms with E-state index in [2.05, 4.69) is 15.4 Å². The van der Waals surface area contributed by atoms with Crippen LogP contribution in [0.25, 0.3) is 39.2 Å². The highest BCUT2D eigenvalue weighted by Crippen LogP contribution is 2.36. The highest BCUT2D eigenvalue weighted by molar-refractivity contribution is 5.92. The fourth-order valence-corrected chi connectivity index (χ4v) is 4.75. The second-order valence-electron chi connectivity index (χ2n) is 9.21. The Bertz CT molecular complexity index is 1840. The minimum absolute atomic E-state index is 0.320. The van der Waals surface area contributed by atoms with Gasteiger partial charge in [0.15, 0.2) is 5.82 Å². The van der Waals surface area contributed by atoms with Gasteiger partial charge in [0.2, 0.25) is 0 Å². The Balaban J connectivity index is 1.60. The van der Waals surface area contributed by atoms with Crippen LogP contribution < -0.4 is 15.6 Å². The molecule has 0 fully saturated rings. The molecule has 1 atom stereocenters. The summed E-state index contributed by atoms with van der Waals surface area (Å²) < 4.78 is 13.3. The molecule has 3 N–H and O–H groups in total. The molecule has 10 nitrogen and oxygen atoms in total. The van der Waals surface area contributed by atoms with Crippen LogP contribution in [0.5, 0.6) is 5.75 Å². The van der Waals surface area contributed by atoms with Crippen LogP contribution in [0.3, 0.4) is 0 Å². The number of ether oxygens (including phenoxy) is 2. The molecule has 0 radical (unpaired) electrons. The third kappa shape index (κ3) is 4.97. The number of aromatic nitrogens is 5. The molecule has 0 spiro atoms. The van der Waals surface area contributed by atoms with Gasteiger partial charge in [0.05, 0.1) is 18.2 Å². The third-order valence-electron chi connectivity index (χ3n) is 6.68. The first-order chi connectivity index (χ1) is 20.1. The Morgan fingerprint density at radius 3 is 2.20 bits per heavy atom. The molecule has 6 rings (SSSR count). The summed E-state index contributed by atoms with van der Waals surface area (Å²) in [5, 5.41) is 22.7. The number of methoxy groups -OCH3 is 1. The number of anilines is 2. The molecule has 206 valence electrons. The largest absolute Gasteiger partial charge is 0.497 e. The molecule has 3 heterocycles. The van der Waals surface area contributed by atoms with E-state index in [4.69, 9.17) is 14.6 Å². The highest BCUT2D eigenvalue weighted by atomic mass is 16.6. The lowest BCUT2D eigenvalue weighted by Crippen LogP contribution is -2.20. The minimum atomic E-state index is -1.23. The van der Waals surface area contributed by atoms with E-state index < -0.39 is 6.41 Å². The zero-order valence-electron chi connectivity index (χ0n) is 22.5. The molecule has 6 aromatic rings. The smallest absolute Gasteiger partial charge is 0.284 e. The zero-order valence-corrected chi connectivity index (χ0v) is 22.5. The van der Waals surface area contributed by atoms with Gasteiger partial charge in [-0.3, -0.25) is 4.79 Å². The zero-order chi connectivity index (χ0) is 28.3. The van der Waals surface area contributed by atoms with Crippen LogP contribution in [0.2, 0.25) is 0 Å². The maximum Gasteiger partial charge on any atom is 0.284 e. The second kappa shape index (κ2) is 11.1. The fourth-order valence-electron chi connectivity index (χ4n) is 4.75. The first kappa shape index (κ1) is 26.1. The van der Waals surface area contributed by atoms with E-state index in [1.807, 2.05) is 72.8 Å². The van der Waals surface area contributed by atoms with Gasteiger partial charge >= 0.3 is 0 Å². The van der Waals surface area contributed by atoms with Crippen molar-refractivity contribution >= 4 is 17.3 Å². The van der Waals surface area contributed by atoms with Crippen LogP contribution >= 0.6 is 0 Å². The number of nitrogens with zero attached hydrogens (tertiary/aromatic N) is 4. The number of hydrogen-bond acceptors (Lipinski definition) is 7. The van der Waals surface area contributed by atoms with Crippen molar-refractivity contribution in [1.82, 2.24) is 24.4 Å². The number of aliphatic hydroxyl groups excluding tert-OH is 1. The van der Waals surface area contributed by atoms with Gasteiger partial charge in [0, 0.05) is 24.4 Å². The van der Waals surface area contributed by atoms with Crippen LogP contribution in [-0.4, -0.2) is 43.2 Å². The molecular weight excluding hydrogens is 520 g/mol. The SMILES string of the molecule is CCOC(O)n1ccc(Nc2[nH]c3c(-c4ccccc4)c(-c4ccccc4)nn3c(=O)c2-c2ccc(OC)cc2)n1. The molecule has 1 unspecified atom stereocenters. The van der Waals surface area contributed by atoms with Crippen molar-refractivity contribution in [3.05, 3.63) is 108 Å². The molecule has 0 aliphatic heterocycles. The van der Waals surface area contributed by atoms with Crippen LogP contribution in [0, 0.1) is 0 Å². The van der Waals surface area contributed by atoms with E-state index in [0.717, 1.165) is 16.7 Å². The summed E-state index contributed by atoms with van der Waals surface area (Å²) in [4.78, 5) is 17.7. The predicted octanol–water partition coefficient (Wildman–Crippen LogP) is 5.46. The first-order valence-corrected chi connectivity index (χ1v) is 13.1. The van der Waals surface area contributed by atoms with Gasteiger partial charge in [-0.2, -0.15) is 14.7 Å². The van der Waals surface area contributed by atoms with Crippen LogP contribution in [0.1, 0.15) is 13.3 Å². The van der Waals surface area contributed by atoms with E-state index in [1.54, 1.807) is 38.4 Å². The molecule has 0 aliphatic carbocycles. The number of aliphatic hydroxyl groups is 1. The van der Waals surface area contributed by atoms with Crippen LogP contribution in [0.15, 0.2) is 102 Å². The maximum atomic E-state index is 14.2. The van der Waals surface area contributed by atoms with Crippen molar-refractivity contribution in [2.45, 2.75) is 13.3 Å². The Kier molecular flexibility index (Phi) is 7.07. The normalized spacial score (nSPS) is 12.0. The molecule has 10 heteroatoms. The third-order valence-corrected chi connectivity index (χ3v) is 6.68. The average molecular weight is 549 g/mol. The number of rotatable bonds is 9. The predicted molar refractivity (Wildman–Crippen MR) is 157 cm³/mol. The van der Waals surface area contributed by atoms with Gasteiger partial charge in [0.1, 0.15) is 22.9 Å². The van der Waals surface area contributed by atoms with Gasteiger partial charge in [-0.05, 0) is 30.2 Å². The molecule has 0 amide bonds. The van der Waals surface area contributed by atoms with Crippen LogP contribution in [0.4, 0.5) is 11.6 Å². The summed E-state index contributed by atoms with van der Waals surface area (Å²) in [7, 11) is 1.59. The number of benzene rings is 3. The number of hydrogen-bond donors (Lipinski definition) is 3. The molecule has 3 aromatic heterocycles. The average Bonchev–Trinajstić information content (AvgIpc) is 3.64. The van der Waals surface area contributed by atoms with Crippen molar-refractivity contribution in [2.24, 2.45) is 0 Å². The minimum Gasteiger partial charge on any atom is -0.497 e. The molecule has 3 aromatic carbocycles. The van der Waals surface area contributed by atoms with Crippen molar-refractivity contribution in [3.63, 3.8) is 0 Å². The van der Waals surface area contributed by atoms with E-state index in [0.29, 0.717) is 46.5 Å². The quantitative estimate of drug-likeness (QED) is 0.205. The lowest BCUT2D eigenvalue weighted by molar-refractivity contribution is -0.156. The molecular formula is C31H28N6O4. The van der Waals surface area contributed by atoms with Crippen molar-refractivity contribution < 1.29 is 14.6 Å². The Morgan fingerprint density at radius 1 is 0.878 bits per heavy atom. The molecule has 0 saturated heterocycles. The number of fused-ring (bicyclic) bond motifs is 1.